The summed E-state index contributed by atoms with van der Waals surface area (Å²) in [7, 11) is 0. The first-order valence-electron chi connectivity index (χ1n) is 6.19. The molecule has 4 nitrogen and oxygen atoms in total. The summed E-state index contributed by atoms with van der Waals surface area (Å²) in [5, 5.41) is 12.5. The second-order valence-electron chi connectivity index (χ2n) is 4.20. The van der Waals surface area contributed by atoms with Crippen LogP contribution >= 0.6 is 11.6 Å². The third kappa shape index (κ3) is 3.99. The first-order chi connectivity index (χ1) is 10.1. The van der Waals surface area contributed by atoms with Gasteiger partial charge in [0.05, 0.1) is 12.2 Å². The number of phenolic OH excluding ortho intramolecular Hbond substituents is 1. The number of carbonyl (C=O) groups excluding carboxylic acids is 1. The van der Waals surface area contributed by atoms with Crippen molar-refractivity contribution < 1.29 is 9.90 Å². The van der Waals surface area contributed by atoms with E-state index in [0.29, 0.717) is 21.8 Å². The second kappa shape index (κ2) is 6.80. The number of rotatable bonds is 2. The maximum atomic E-state index is 12.1. The van der Waals surface area contributed by atoms with Gasteiger partial charge in [-0.15, -0.1) is 0 Å². The third-order valence-corrected chi connectivity index (χ3v) is 2.92. The highest BCUT2D eigenvalue weighted by Crippen LogP contribution is 2.21. The molecule has 0 spiro atoms. The molecule has 0 bridgehead atoms. The first-order valence-corrected chi connectivity index (χ1v) is 6.57. The number of amides is 1. The molecular formula is C16H13ClN2O2. The predicted octanol–water partition coefficient (Wildman–Crippen LogP) is 2.61. The molecule has 0 saturated heterocycles. The Labute approximate surface area is 127 Å². The minimum atomic E-state index is -0.298. The van der Waals surface area contributed by atoms with Crippen molar-refractivity contribution in [2.45, 2.75) is 0 Å². The lowest BCUT2D eigenvalue weighted by atomic mass is 10.1. The molecule has 106 valence electrons. The van der Waals surface area contributed by atoms with Crippen molar-refractivity contribution in [1.29, 1.82) is 0 Å². The minimum Gasteiger partial charge on any atom is -0.508 e. The molecule has 0 atom stereocenters. The molecule has 5 heteroatoms. The summed E-state index contributed by atoms with van der Waals surface area (Å²) in [5.41, 5.74) is 6.94. The maximum absolute atomic E-state index is 12.1. The largest absolute Gasteiger partial charge is 0.508 e. The van der Waals surface area contributed by atoms with Gasteiger partial charge in [-0.05, 0) is 42.5 Å². The molecular weight excluding hydrogens is 288 g/mol. The van der Waals surface area contributed by atoms with Crippen LogP contribution in [-0.4, -0.2) is 17.6 Å². The fraction of sp³-hybridized carbons (Fsp3) is 0.0625. The van der Waals surface area contributed by atoms with Gasteiger partial charge in [-0.3, -0.25) is 4.79 Å². The Morgan fingerprint density at radius 1 is 1.24 bits per heavy atom. The van der Waals surface area contributed by atoms with E-state index in [9.17, 15) is 9.90 Å². The summed E-state index contributed by atoms with van der Waals surface area (Å²) >= 11 is 5.93. The van der Waals surface area contributed by atoms with Gasteiger partial charge in [0.25, 0.3) is 5.91 Å². The number of carbonyl (C=O) groups is 1. The molecule has 0 fully saturated rings. The zero-order chi connectivity index (χ0) is 15.2. The van der Waals surface area contributed by atoms with Gasteiger partial charge in [0.15, 0.2) is 0 Å². The van der Waals surface area contributed by atoms with Crippen LogP contribution in [0.3, 0.4) is 0 Å². The van der Waals surface area contributed by atoms with Crippen molar-refractivity contribution in [1.82, 2.24) is 0 Å². The fourth-order valence-corrected chi connectivity index (χ4v) is 1.85. The SMILES string of the molecule is NCC#Cc1cc(Cl)ccc1NC(=O)c1ccc(O)cc1. The standard InChI is InChI=1S/C16H13ClN2O2/c17-13-5-8-15(12(10-13)2-1-9-18)19-16(21)11-3-6-14(20)7-4-11/h3-8,10,20H,9,18H2,(H,19,21). The van der Waals surface area contributed by atoms with Crippen LogP contribution in [0.5, 0.6) is 5.75 Å². The van der Waals surface area contributed by atoms with Gasteiger partial charge in [0.2, 0.25) is 0 Å². The summed E-state index contributed by atoms with van der Waals surface area (Å²) in [4.78, 5) is 12.1. The Bertz CT molecular complexity index is 715. The van der Waals surface area contributed by atoms with Crippen molar-refractivity contribution in [3.63, 3.8) is 0 Å². The van der Waals surface area contributed by atoms with Crippen LogP contribution < -0.4 is 11.1 Å². The highest BCUT2D eigenvalue weighted by atomic mass is 35.5. The number of halogens is 1. The Hall–Kier alpha value is -2.48. The van der Waals surface area contributed by atoms with E-state index in [1.54, 1.807) is 18.2 Å². The summed E-state index contributed by atoms with van der Waals surface area (Å²) in [6.45, 7) is 0.220. The quantitative estimate of drug-likeness (QED) is 0.746. The average molecular weight is 301 g/mol. The molecule has 0 aliphatic heterocycles. The van der Waals surface area contributed by atoms with E-state index in [0.717, 1.165) is 0 Å². The van der Waals surface area contributed by atoms with Crippen molar-refractivity contribution in [3.05, 3.63) is 58.6 Å². The highest BCUT2D eigenvalue weighted by molar-refractivity contribution is 6.30. The lowest BCUT2D eigenvalue weighted by molar-refractivity contribution is 0.102. The van der Waals surface area contributed by atoms with E-state index in [1.807, 2.05) is 0 Å². The van der Waals surface area contributed by atoms with Crippen molar-refractivity contribution in [3.8, 4) is 17.6 Å². The van der Waals surface area contributed by atoms with Gasteiger partial charge >= 0.3 is 0 Å². The smallest absolute Gasteiger partial charge is 0.255 e. The number of hydrogen-bond donors (Lipinski definition) is 3. The number of aromatic hydroxyl groups is 1. The second-order valence-corrected chi connectivity index (χ2v) is 4.63. The number of nitrogens with two attached hydrogens (primary N) is 1. The first kappa shape index (κ1) is 14.9. The number of anilines is 1. The van der Waals surface area contributed by atoms with Gasteiger partial charge in [-0.2, -0.15) is 0 Å². The lowest BCUT2D eigenvalue weighted by Crippen LogP contribution is -2.12. The average Bonchev–Trinajstić information content (AvgIpc) is 2.48. The van der Waals surface area contributed by atoms with Gasteiger partial charge in [-0.25, -0.2) is 0 Å². The van der Waals surface area contributed by atoms with Crippen LogP contribution in [-0.2, 0) is 0 Å². The van der Waals surface area contributed by atoms with Gasteiger partial charge in [0.1, 0.15) is 5.75 Å². The zero-order valence-corrected chi connectivity index (χ0v) is 11.8. The molecule has 0 heterocycles. The molecule has 0 aromatic heterocycles. The van der Waals surface area contributed by atoms with E-state index >= 15 is 0 Å². The number of nitrogens with one attached hydrogen (secondary N) is 1. The number of benzene rings is 2. The Morgan fingerprint density at radius 2 is 1.95 bits per heavy atom. The summed E-state index contributed by atoms with van der Waals surface area (Å²) in [6, 6.07) is 11.0. The molecule has 0 aliphatic carbocycles. The molecule has 0 unspecified atom stereocenters. The Kier molecular flexibility index (Phi) is 4.83. The minimum absolute atomic E-state index is 0.104. The predicted molar refractivity (Wildman–Crippen MR) is 83.4 cm³/mol. The fourth-order valence-electron chi connectivity index (χ4n) is 1.68. The van der Waals surface area contributed by atoms with Gasteiger partial charge < -0.3 is 16.2 Å². The normalized spacial score (nSPS) is 9.62. The summed E-state index contributed by atoms with van der Waals surface area (Å²) in [6.07, 6.45) is 0. The van der Waals surface area contributed by atoms with E-state index in [2.05, 4.69) is 17.2 Å². The van der Waals surface area contributed by atoms with Crippen LogP contribution in [0.2, 0.25) is 5.02 Å². The highest BCUT2D eigenvalue weighted by Gasteiger charge is 2.09. The van der Waals surface area contributed by atoms with Crippen LogP contribution in [0.4, 0.5) is 5.69 Å². The molecule has 1 amide bonds. The van der Waals surface area contributed by atoms with E-state index in [4.69, 9.17) is 17.3 Å². The Balaban J connectivity index is 2.26. The van der Waals surface area contributed by atoms with Crippen LogP contribution in [0.25, 0.3) is 0 Å². The van der Waals surface area contributed by atoms with Crippen molar-refractivity contribution in [2.75, 3.05) is 11.9 Å². The van der Waals surface area contributed by atoms with Gasteiger partial charge in [-0.1, -0.05) is 23.4 Å². The topological polar surface area (TPSA) is 75.3 Å². The molecule has 2 aromatic carbocycles. The summed E-state index contributed by atoms with van der Waals surface area (Å²) < 4.78 is 0. The molecule has 21 heavy (non-hydrogen) atoms. The van der Waals surface area contributed by atoms with Crippen LogP contribution in [0, 0.1) is 11.8 Å². The van der Waals surface area contributed by atoms with Crippen molar-refractivity contribution >= 4 is 23.2 Å². The maximum Gasteiger partial charge on any atom is 0.255 e. The molecule has 2 rings (SSSR count). The van der Waals surface area contributed by atoms with E-state index < -0.39 is 0 Å². The number of phenols is 1. The Morgan fingerprint density at radius 3 is 2.62 bits per heavy atom. The lowest BCUT2D eigenvalue weighted by Gasteiger charge is -2.08. The number of hydrogen-bond acceptors (Lipinski definition) is 3. The third-order valence-electron chi connectivity index (χ3n) is 2.68. The molecule has 0 saturated carbocycles. The zero-order valence-electron chi connectivity index (χ0n) is 11.1. The van der Waals surface area contributed by atoms with Crippen molar-refractivity contribution in [2.24, 2.45) is 5.73 Å². The summed E-state index contributed by atoms with van der Waals surface area (Å²) in [5.74, 6) is 5.40. The van der Waals surface area contributed by atoms with E-state index in [1.165, 1.54) is 24.3 Å². The molecule has 0 aliphatic rings. The molecule has 0 radical (unpaired) electrons. The van der Waals surface area contributed by atoms with Crippen LogP contribution in [0.15, 0.2) is 42.5 Å². The molecule has 2 aromatic rings. The van der Waals surface area contributed by atoms with E-state index in [-0.39, 0.29) is 18.2 Å². The molecule has 4 N–H and O–H groups in total. The monoisotopic (exact) mass is 300 g/mol. The van der Waals surface area contributed by atoms with Gasteiger partial charge in [0, 0.05) is 16.1 Å². The van der Waals surface area contributed by atoms with Crippen LogP contribution in [0.1, 0.15) is 15.9 Å².